The Morgan fingerprint density at radius 3 is 2.61 bits per heavy atom. The van der Waals surface area contributed by atoms with Gasteiger partial charge < -0.3 is 10.2 Å². The second kappa shape index (κ2) is 8.43. The molecule has 23 heavy (non-hydrogen) atoms. The molecule has 128 valence electrons. The van der Waals surface area contributed by atoms with E-state index in [0.29, 0.717) is 17.5 Å². The van der Waals surface area contributed by atoms with Crippen LogP contribution in [0.3, 0.4) is 0 Å². The van der Waals surface area contributed by atoms with Crippen LogP contribution in [-0.2, 0) is 9.59 Å². The molecule has 1 aliphatic carbocycles. The monoisotopic (exact) mass is 337 g/mol. The first-order valence-corrected chi connectivity index (χ1v) is 9.35. The van der Waals surface area contributed by atoms with Gasteiger partial charge in [0.05, 0.1) is 5.69 Å². The summed E-state index contributed by atoms with van der Waals surface area (Å²) >= 11 is 1.41. The SMILES string of the molecule is Cc1csc(NC(=O)CN(C(=O)CC(C)C)C2CCCCC2)n1. The van der Waals surface area contributed by atoms with E-state index in [4.69, 9.17) is 0 Å². The first kappa shape index (κ1) is 17.9. The molecule has 0 aliphatic heterocycles. The zero-order valence-electron chi connectivity index (χ0n) is 14.3. The van der Waals surface area contributed by atoms with Crippen molar-refractivity contribution < 1.29 is 9.59 Å². The van der Waals surface area contributed by atoms with Gasteiger partial charge in [-0.05, 0) is 25.7 Å². The van der Waals surface area contributed by atoms with E-state index in [2.05, 4.69) is 10.3 Å². The summed E-state index contributed by atoms with van der Waals surface area (Å²) in [5, 5.41) is 5.32. The molecule has 1 fully saturated rings. The lowest BCUT2D eigenvalue weighted by Gasteiger charge is -2.34. The molecule has 2 rings (SSSR count). The lowest BCUT2D eigenvalue weighted by atomic mass is 9.93. The average molecular weight is 337 g/mol. The number of anilines is 1. The molecule has 1 aromatic rings. The average Bonchev–Trinajstić information content (AvgIpc) is 2.90. The summed E-state index contributed by atoms with van der Waals surface area (Å²) in [7, 11) is 0. The molecule has 1 saturated carbocycles. The van der Waals surface area contributed by atoms with Crippen LogP contribution in [0.5, 0.6) is 0 Å². The summed E-state index contributed by atoms with van der Waals surface area (Å²) in [4.78, 5) is 31.0. The first-order chi connectivity index (χ1) is 11.0. The quantitative estimate of drug-likeness (QED) is 0.863. The molecule has 1 aliphatic rings. The van der Waals surface area contributed by atoms with Gasteiger partial charge in [-0.2, -0.15) is 0 Å². The molecule has 1 N–H and O–H groups in total. The third-order valence-corrected chi connectivity index (χ3v) is 4.97. The Morgan fingerprint density at radius 1 is 1.35 bits per heavy atom. The van der Waals surface area contributed by atoms with Crippen LogP contribution in [0, 0.1) is 12.8 Å². The highest BCUT2D eigenvalue weighted by molar-refractivity contribution is 7.13. The molecule has 0 atom stereocenters. The number of rotatable bonds is 6. The number of aryl methyl sites for hydroxylation is 1. The highest BCUT2D eigenvalue weighted by Crippen LogP contribution is 2.24. The van der Waals surface area contributed by atoms with Crippen LogP contribution >= 0.6 is 11.3 Å². The fourth-order valence-corrected chi connectivity index (χ4v) is 3.71. The third-order valence-electron chi connectivity index (χ3n) is 4.10. The largest absolute Gasteiger partial charge is 0.330 e. The molecular weight excluding hydrogens is 310 g/mol. The molecule has 0 spiro atoms. The Hall–Kier alpha value is -1.43. The molecule has 2 amide bonds. The van der Waals surface area contributed by atoms with Gasteiger partial charge in [-0.1, -0.05) is 33.1 Å². The second-order valence-corrected chi connectivity index (χ2v) is 7.61. The van der Waals surface area contributed by atoms with Crippen LogP contribution in [0.15, 0.2) is 5.38 Å². The molecular formula is C17H27N3O2S. The van der Waals surface area contributed by atoms with Gasteiger partial charge in [0.1, 0.15) is 6.54 Å². The first-order valence-electron chi connectivity index (χ1n) is 8.47. The summed E-state index contributed by atoms with van der Waals surface area (Å²) in [6.07, 6.45) is 6.03. The molecule has 0 aromatic carbocycles. The Balaban J connectivity index is 2.00. The lowest BCUT2D eigenvalue weighted by Crippen LogP contribution is -2.46. The summed E-state index contributed by atoms with van der Waals surface area (Å²) in [5.41, 5.74) is 0.894. The fraction of sp³-hybridized carbons (Fsp3) is 0.706. The van der Waals surface area contributed by atoms with Crippen molar-refractivity contribution in [3.8, 4) is 0 Å². The van der Waals surface area contributed by atoms with Crippen molar-refractivity contribution in [2.24, 2.45) is 5.92 Å². The van der Waals surface area contributed by atoms with Crippen LogP contribution in [-0.4, -0.2) is 34.3 Å². The van der Waals surface area contributed by atoms with Crippen molar-refractivity contribution in [2.75, 3.05) is 11.9 Å². The van der Waals surface area contributed by atoms with Gasteiger partial charge in [-0.15, -0.1) is 11.3 Å². The number of hydrogen-bond donors (Lipinski definition) is 1. The van der Waals surface area contributed by atoms with Gasteiger partial charge in [0.2, 0.25) is 11.8 Å². The summed E-state index contributed by atoms with van der Waals surface area (Å²) in [6.45, 7) is 6.10. The van der Waals surface area contributed by atoms with Crippen LogP contribution in [0.2, 0.25) is 0 Å². The van der Waals surface area contributed by atoms with Crippen molar-refractivity contribution in [3.05, 3.63) is 11.1 Å². The van der Waals surface area contributed by atoms with Gasteiger partial charge >= 0.3 is 0 Å². The van der Waals surface area contributed by atoms with E-state index >= 15 is 0 Å². The Labute approximate surface area is 142 Å². The molecule has 1 aromatic heterocycles. The van der Waals surface area contributed by atoms with E-state index in [9.17, 15) is 9.59 Å². The zero-order valence-corrected chi connectivity index (χ0v) is 15.1. The number of carbonyl (C=O) groups excluding carboxylic acids is 2. The molecule has 0 radical (unpaired) electrons. The normalized spacial score (nSPS) is 15.7. The minimum absolute atomic E-state index is 0.0948. The van der Waals surface area contributed by atoms with Gasteiger partial charge in [0, 0.05) is 17.8 Å². The van der Waals surface area contributed by atoms with Crippen molar-refractivity contribution in [1.82, 2.24) is 9.88 Å². The third kappa shape index (κ3) is 5.61. The van der Waals surface area contributed by atoms with Crippen molar-refractivity contribution in [1.29, 1.82) is 0 Å². The van der Waals surface area contributed by atoms with Crippen LogP contribution in [0.4, 0.5) is 5.13 Å². The highest BCUT2D eigenvalue weighted by Gasteiger charge is 2.27. The Kier molecular flexibility index (Phi) is 6.57. The second-order valence-electron chi connectivity index (χ2n) is 6.75. The van der Waals surface area contributed by atoms with Gasteiger partial charge in [-0.3, -0.25) is 9.59 Å². The molecule has 6 heteroatoms. The summed E-state index contributed by atoms with van der Waals surface area (Å²) in [5.74, 6) is 0.248. The van der Waals surface area contributed by atoms with E-state index in [1.807, 2.05) is 26.2 Å². The van der Waals surface area contributed by atoms with Crippen LogP contribution < -0.4 is 5.32 Å². The van der Waals surface area contributed by atoms with Crippen molar-refractivity contribution >= 4 is 28.3 Å². The number of carbonyl (C=O) groups is 2. The lowest BCUT2D eigenvalue weighted by molar-refractivity contribution is -0.138. The Bertz CT molecular complexity index is 536. The van der Waals surface area contributed by atoms with Crippen LogP contribution in [0.25, 0.3) is 0 Å². The maximum Gasteiger partial charge on any atom is 0.245 e. The fourth-order valence-electron chi connectivity index (χ4n) is 3.01. The van der Waals surface area contributed by atoms with Crippen molar-refractivity contribution in [2.45, 2.75) is 65.3 Å². The van der Waals surface area contributed by atoms with E-state index in [0.717, 1.165) is 31.4 Å². The predicted molar refractivity (Wildman–Crippen MR) is 93.5 cm³/mol. The van der Waals surface area contributed by atoms with E-state index < -0.39 is 0 Å². The molecule has 5 nitrogen and oxygen atoms in total. The van der Waals surface area contributed by atoms with Gasteiger partial charge in [0.25, 0.3) is 0 Å². The number of amides is 2. The minimum Gasteiger partial charge on any atom is -0.330 e. The number of aromatic nitrogens is 1. The number of nitrogens with zero attached hydrogens (tertiary/aromatic N) is 2. The van der Waals surface area contributed by atoms with E-state index in [-0.39, 0.29) is 24.4 Å². The standard InChI is InChI=1S/C17H27N3O2S/c1-12(2)9-16(22)20(14-7-5-4-6-8-14)10-15(21)19-17-18-13(3)11-23-17/h11-12,14H,4-10H2,1-3H3,(H,18,19,21). The maximum atomic E-state index is 12.6. The van der Waals surface area contributed by atoms with E-state index in [1.165, 1.54) is 17.8 Å². The van der Waals surface area contributed by atoms with Gasteiger partial charge in [-0.25, -0.2) is 4.98 Å². The summed E-state index contributed by atoms with van der Waals surface area (Å²) < 4.78 is 0. The number of nitrogens with one attached hydrogen (secondary N) is 1. The topological polar surface area (TPSA) is 62.3 Å². The summed E-state index contributed by atoms with van der Waals surface area (Å²) in [6, 6.07) is 0.207. The number of thiazole rings is 1. The van der Waals surface area contributed by atoms with Crippen molar-refractivity contribution in [3.63, 3.8) is 0 Å². The highest BCUT2D eigenvalue weighted by atomic mass is 32.1. The maximum absolute atomic E-state index is 12.6. The predicted octanol–water partition coefficient (Wildman–Crippen LogP) is 3.60. The van der Waals surface area contributed by atoms with Crippen LogP contribution in [0.1, 0.15) is 58.1 Å². The molecule has 0 bridgehead atoms. The minimum atomic E-state index is -0.151. The molecule has 0 unspecified atom stereocenters. The van der Waals surface area contributed by atoms with E-state index in [1.54, 1.807) is 4.90 Å². The molecule has 0 saturated heterocycles. The molecule has 1 heterocycles. The Morgan fingerprint density at radius 2 is 2.04 bits per heavy atom. The zero-order chi connectivity index (χ0) is 16.8. The smallest absolute Gasteiger partial charge is 0.245 e. The number of hydrogen-bond acceptors (Lipinski definition) is 4. The van der Waals surface area contributed by atoms with Gasteiger partial charge in [0.15, 0.2) is 5.13 Å².